The molecule has 120 valence electrons. The lowest BCUT2D eigenvalue weighted by Gasteiger charge is -2.28. The van der Waals surface area contributed by atoms with Gasteiger partial charge in [-0.05, 0) is 56.8 Å². The van der Waals surface area contributed by atoms with Crippen LogP contribution >= 0.6 is 11.8 Å². The van der Waals surface area contributed by atoms with Gasteiger partial charge in [0.2, 0.25) is 0 Å². The van der Waals surface area contributed by atoms with Crippen LogP contribution in [0.4, 0.5) is 0 Å². The Morgan fingerprint density at radius 2 is 1.86 bits per heavy atom. The first-order chi connectivity index (χ1) is 10.2. The normalized spacial score (nSPS) is 49.1. The van der Waals surface area contributed by atoms with Gasteiger partial charge in [0, 0.05) is 10.5 Å². The summed E-state index contributed by atoms with van der Waals surface area (Å²) >= 11 is 2.17. The smallest absolute Gasteiger partial charge is 0.154 e. The molecule has 0 spiro atoms. The quantitative estimate of drug-likeness (QED) is 0.555. The molecular formula is C17H28O3S. The van der Waals surface area contributed by atoms with Crippen LogP contribution in [-0.4, -0.2) is 42.2 Å². The highest BCUT2D eigenvalue weighted by Gasteiger charge is 2.47. The Bertz CT molecular complexity index is 377. The van der Waals surface area contributed by atoms with Crippen LogP contribution < -0.4 is 0 Å². The van der Waals surface area contributed by atoms with Crippen molar-refractivity contribution in [1.29, 1.82) is 0 Å². The van der Waals surface area contributed by atoms with Crippen LogP contribution in [0.3, 0.4) is 0 Å². The number of ether oxygens (including phenoxy) is 3. The third kappa shape index (κ3) is 3.60. The highest BCUT2D eigenvalue weighted by atomic mass is 32.2. The summed E-state index contributed by atoms with van der Waals surface area (Å²) in [4.78, 5) is 0. The van der Waals surface area contributed by atoms with Crippen molar-refractivity contribution in [2.45, 2.75) is 74.9 Å². The molecule has 2 heterocycles. The molecule has 2 saturated heterocycles. The molecule has 0 aromatic carbocycles. The summed E-state index contributed by atoms with van der Waals surface area (Å²) in [6.07, 6.45) is 7.57. The summed E-state index contributed by atoms with van der Waals surface area (Å²) in [5.74, 6) is 2.14. The summed E-state index contributed by atoms with van der Waals surface area (Å²) in [5.41, 5.74) is 0. The Labute approximate surface area is 132 Å². The monoisotopic (exact) mass is 312 g/mol. The fourth-order valence-electron chi connectivity index (χ4n) is 4.13. The molecule has 0 N–H and O–H groups in total. The zero-order valence-electron chi connectivity index (χ0n) is 13.2. The molecule has 2 aliphatic carbocycles. The van der Waals surface area contributed by atoms with Gasteiger partial charge < -0.3 is 14.2 Å². The van der Waals surface area contributed by atoms with E-state index in [1.54, 1.807) is 0 Å². The molecule has 0 aromatic rings. The summed E-state index contributed by atoms with van der Waals surface area (Å²) < 4.78 is 17.6. The van der Waals surface area contributed by atoms with E-state index in [2.05, 4.69) is 25.6 Å². The summed E-state index contributed by atoms with van der Waals surface area (Å²) in [5, 5.41) is 1.95. The van der Waals surface area contributed by atoms with Crippen molar-refractivity contribution in [2.24, 2.45) is 17.8 Å². The first-order valence-electron chi connectivity index (χ1n) is 8.73. The lowest BCUT2D eigenvalue weighted by atomic mass is 9.81. The van der Waals surface area contributed by atoms with Crippen LogP contribution in [0.2, 0.25) is 0 Å². The minimum Gasteiger partial charge on any atom is -0.370 e. The molecular weight excluding hydrogens is 284 g/mol. The molecule has 21 heavy (non-hydrogen) atoms. The number of fused-ring (bicyclic) bond motifs is 2. The number of epoxide rings is 1. The summed E-state index contributed by atoms with van der Waals surface area (Å²) in [6.45, 7) is 6.11. The first kappa shape index (κ1) is 14.8. The molecule has 4 fully saturated rings. The largest absolute Gasteiger partial charge is 0.370 e. The van der Waals surface area contributed by atoms with E-state index < -0.39 is 0 Å². The van der Waals surface area contributed by atoms with Crippen LogP contribution in [-0.2, 0) is 14.2 Å². The van der Waals surface area contributed by atoms with E-state index in [0.717, 1.165) is 35.5 Å². The third-order valence-electron chi connectivity index (χ3n) is 5.86. The van der Waals surface area contributed by atoms with Crippen LogP contribution in [0, 0.1) is 17.8 Å². The maximum absolute atomic E-state index is 5.96. The van der Waals surface area contributed by atoms with E-state index in [4.69, 9.17) is 14.2 Å². The van der Waals surface area contributed by atoms with Gasteiger partial charge in [0.1, 0.15) is 0 Å². The number of thioether (sulfide) groups is 1. The zero-order valence-corrected chi connectivity index (χ0v) is 14.0. The molecule has 0 bridgehead atoms. The Hall–Kier alpha value is 0.230. The van der Waals surface area contributed by atoms with Gasteiger partial charge in [0.15, 0.2) is 6.29 Å². The molecule has 4 rings (SSSR count). The Morgan fingerprint density at radius 3 is 2.71 bits per heavy atom. The lowest BCUT2D eigenvalue weighted by molar-refractivity contribution is -0.151. The second-order valence-corrected chi connectivity index (χ2v) is 9.03. The summed E-state index contributed by atoms with van der Waals surface area (Å²) in [6, 6.07) is 0. The molecule has 8 atom stereocenters. The molecule has 2 saturated carbocycles. The SMILES string of the molecule is CC(OCC1CCC2SC2C1)OCC1CC2OC2CC1C. The van der Waals surface area contributed by atoms with Crippen molar-refractivity contribution >= 4 is 11.8 Å². The highest BCUT2D eigenvalue weighted by molar-refractivity contribution is 8.07. The van der Waals surface area contributed by atoms with Crippen molar-refractivity contribution in [3.63, 3.8) is 0 Å². The Kier molecular flexibility index (Phi) is 4.25. The summed E-state index contributed by atoms with van der Waals surface area (Å²) in [7, 11) is 0. The molecule has 0 radical (unpaired) electrons. The van der Waals surface area contributed by atoms with Crippen molar-refractivity contribution in [2.75, 3.05) is 13.2 Å². The van der Waals surface area contributed by atoms with Crippen LogP contribution in [0.25, 0.3) is 0 Å². The second kappa shape index (κ2) is 6.03. The molecule has 2 aliphatic heterocycles. The topological polar surface area (TPSA) is 31.0 Å². The van der Waals surface area contributed by atoms with Gasteiger partial charge in [0.25, 0.3) is 0 Å². The van der Waals surface area contributed by atoms with Gasteiger partial charge in [-0.2, -0.15) is 11.8 Å². The average Bonchev–Trinajstić information content (AvgIpc) is 3.36. The lowest BCUT2D eigenvalue weighted by Crippen LogP contribution is -2.29. The molecule has 4 heteroatoms. The standard InChI is InChI=1S/C17H28O3S/c1-10-5-14-15(20-14)7-13(10)9-19-11(2)18-8-12-3-4-16-17(6-12)21-16/h10-17H,3-9H2,1-2H3. The number of hydrogen-bond acceptors (Lipinski definition) is 4. The maximum atomic E-state index is 5.96. The number of hydrogen-bond donors (Lipinski definition) is 0. The Balaban J connectivity index is 1.13. The zero-order chi connectivity index (χ0) is 14.4. The molecule has 8 unspecified atom stereocenters. The fraction of sp³-hybridized carbons (Fsp3) is 1.00. The van der Waals surface area contributed by atoms with Crippen LogP contribution in [0.5, 0.6) is 0 Å². The van der Waals surface area contributed by atoms with E-state index in [-0.39, 0.29) is 6.29 Å². The second-order valence-electron chi connectivity index (χ2n) is 7.55. The van der Waals surface area contributed by atoms with Gasteiger partial charge in [-0.1, -0.05) is 6.92 Å². The van der Waals surface area contributed by atoms with E-state index in [1.807, 2.05) is 0 Å². The van der Waals surface area contributed by atoms with Crippen molar-refractivity contribution in [1.82, 2.24) is 0 Å². The van der Waals surface area contributed by atoms with Gasteiger partial charge in [0.05, 0.1) is 25.4 Å². The van der Waals surface area contributed by atoms with E-state index in [0.29, 0.717) is 18.1 Å². The molecule has 0 amide bonds. The first-order valence-corrected chi connectivity index (χ1v) is 9.67. The highest BCUT2D eigenvalue weighted by Crippen LogP contribution is 2.52. The van der Waals surface area contributed by atoms with Crippen LogP contribution in [0.1, 0.15) is 46.0 Å². The van der Waals surface area contributed by atoms with Crippen LogP contribution in [0.15, 0.2) is 0 Å². The van der Waals surface area contributed by atoms with Gasteiger partial charge in [-0.3, -0.25) is 0 Å². The van der Waals surface area contributed by atoms with E-state index in [1.165, 1.54) is 32.1 Å². The van der Waals surface area contributed by atoms with E-state index in [9.17, 15) is 0 Å². The minimum absolute atomic E-state index is 0.0559. The van der Waals surface area contributed by atoms with E-state index >= 15 is 0 Å². The van der Waals surface area contributed by atoms with Crippen molar-refractivity contribution in [3.05, 3.63) is 0 Å². The van der Waals surface area contributed by atoms with Gasteiger partial charge in [-0.15, -0.1) is 0 Å². The predicted molar refractivity (Wildman–Crippen MR) is 84.4 cm³/mol. The predicted octanol–water partition coefficient (Wildman–Crippen LogP) is 3.46. The third-order valence-corrected chi connectivity index (χ3v) is 7.33. The minimum atomic E-state index is -0.0559. The Morgan fingerprint density at radius 1 is 1.05 bits per heavy atom. The fourth-order valence-corrected chi connectivity index (χ4v) is 5.39. The maximum Gasteiger partial charge on any atom is 0.154 e. The van der Waals surface area contributed by atoms with Gasteiger partial charge >= 0.3 is 0 Å². The number of rotatable bonds is 6. The molecule has 0 aromatic heterocycles. The average molecular weight is 312 g/mol. The molecule has 4 aliphatic rings. The molecule has 3 nitrogen and oxygen atoms in total. The van der Waals surface area contributed by atoms with Gasteiger partial charge in [-0.25, -0.2) is 0 Å². The van der Waals surface area contributed by atoms with Crippen molar-refractivity contribution < 1.29 is 14.2 Å². The van der Waals surface area contributed by atoms with Crippen molar-refractivity contribution in [3.8, 4) is 0 Å².